The Morgan fingerprint density at radius 2 is 2.18 bits per heavy atom. The number of ether oxygens (including phenoxy) is 2. The van der Waals surface area contributed by atoms with Crippen LogP contribution in [-0.2, 0) is 14.3 Å². The van der Waals surface area contributed by atoms with Crippen molar-refractivity contribution in [2.45, 2.75) is 6.10 Å². The third kappa shape index (κ3) is 2.93. The van der Waals surface area contributed by atoms with Gasteiger partial charge in [-0.05, 0) is 24.3 Å². The number of carboxylic acids is 1. The Morgan fingerprint density at radius 3 is 2.95 bits per heavy atom. The zero-order valence-corrected chi connectivity index (χ0v) is 12.4. The van der Waals surface area contributed by atoms with Crippen molar-refractivity contribution in [3.05, 3.63) is 34.4 Å². The van der Waals surface area contributed by atoms with Crippen molar-refractivity contribution in [1.29, 1.82) is 0 Å². The number of carbonyl (C=O) groups excluding carboxylic acids is 1. The SMILES string of the molecule is O=C(O)[C@@H]1CN(C(=O)C2=Cc3cc(Cl)ccc3OC2)CCO1. The summed E-state index contributed by atoms with van der Waals surface area (Å²) in [5, 5.41) is 9.55. The normalized spacial score (nSPS) is 20.7. The number of fused-ring (bicyclic) bond motifs is 1. The number of morpholine rings is 1. The van der Waals surface area contributed by atoms with E-state index in [1.54, 1.807) is 24.3 Å². The van der Waals surface area contributed by atoms with Gasteiger partial charge < -0.3 is 19.5 Å². The molecule has 1 N–H and O–H groups in total. The van der Waals surface area contributed by atoms with E-state index in [2.05, 4.69) is 0 Å². The molecule has 1 fully saturated rings. The van der Waals surface area contributed by atoms with Crippen molar-refractivity contribution in [3.8, 4) is 5.75 Å². The molecule has 0 aliphatic carbocycles. The number of halogens is 1. The Morgan fingerprint density at radius 1 is 1.36 bits per heavy atom. The van der Waals surface area contributed by atoms with Gasteiger partial charge in [0.25, 0.3) is 5.91 Å². The Bertz CT molecular complexity index is 657. The maximum Gasteiger partial charge on any atom is 0.334 e. The summed E-state index contributed by atoms with van der Waals surface area (Å²) in [5.74, 6) is -0.630. The number of rotatable bonds is 2. The topological polar surface area (TPSA) is 76.1 Å². The first kappa shape index (κ1) is 14.9. The van der Waals surface area contributed by atoms with Crippen LogP contribution >= 0.6 is 11.6 Å². The van der Waals surface area contributed by atoms with Gasteiger partial charge in [0.2, 0.25) is 0 Å². The number of nitrogens with zero attached hydrogens (tertiary/aromatic N) is 1. The molecule has 0 saturated carbocycles. The summed E-state index contributed by atoms with van der Waals surface area (Å²) in [6, 6.07) is 5.20. The number of hydrogen-bond acceptors (Lipinski definition) is 4. The van der Waals surface area contributed by atoms with Gasteiger partial charge >= 0.3 is 5.97 Å². The van der Waals surface area contributed by atoms with Gasteiger partial charge in [0, 0.05) is 17.1 Å². The van der Waals surface area contributed by atoms with Gasteiger partial charge in [-0.15, -0.1) is 0 Å². The van der Waals surface area contributed by atoms with E-state index in [4.69, 9.17) is 26.2 Å². The van der Waals surface area contributed by atoms with Crippen LogP contribution in [0.15, 0.2) is 23.8 Å². The molecule has 0 bridgehead atoms. The highest BCUT2D eigenvalue weighted by Gasteiger charge is 2.31. The first-order valence-corrected chi connectivity index (χ1v) is 7.19. The van der Waals surface area contributed by atoms with Crippen molar-refractivity contribution >= 4 is 29.6 Å². The average molecular weight is 324 g/mol. The van der Waals surface area contributed by atoms with Gasteiger partial charge in [-0.3, -0.25) is 4.79 Å². The van der Waals surface area contributed by atoms with Crippen LogP contribution in [-0.4, -0.2) is 54.3 Å². The summed E-state index contributed by atoms with van der Waals surface area (Å²) >= 11 is 5.94. The highest BCUT2D eigenvalue weighted by molar-refractivity contribution is 6.30. The number of benzene rings is 1. The molecule has 1 aromatic rings. The lowest BCUT2D eigenvalue weighted by molar-refractivity contribution is -0.158. The van der Waals surface area contributed by atoms with E-state index in [1.807, 2.05) is 0 Å². The number of aliphatic carboxylic acids is 1. The second-order valence-electron chi connectivity index (χ2n) is 5.09. The lowest BCUT2D eigenvalue weighted by Gasteiger charge is -2.32. The Labute approximate surface area is 131 Å². The number of carboxylic acid groups (broad SMARTS) is 1. The Balaban J connectivity index is 1.79. The summed E-state index contributed by atoms with van der Waals surface area (Å²) in [6.07, 6.45) is 0.753. The van der Waals surface area contributed by atoms with E-state index in [1.165, 1.54) is 4.90 Å². The zero-order chi connectivity index (χ0) is 15.7. The van der Waals surface area contributed by atoms with Gasteiger partial charge in [0.15, 0.2) is 6.10 Å². The monoisotopic (exact) mass is 323 g/mol. The minimum Gasteiger partial charge on any atom is -0.488 e. The van der Waals surface area contributed by atoms with Crippen LogP contribution in [0.3, 0.4) is 0 Å². The summed E-state index contributed by atoms with van der Waals surface area (Å²) < 4.78 is 10.7. The molecule has 6 nitrogen and oxygen atoms in total. The molecular weight excluding hydrogens is 310 g/mol. The van der Waals surface area contributed by atoms with Crippen molar-refractivity contribution in [2.75, 3.05) is 26.3 Å². The molecule has 3 rings (SSSR count). The van der Waals surface area contributed by atoms with Crippen LogP contribution in [0.4, 0.5) is 0 Å². The van der Waals surface area contributed by atoms with Gasteiger partial charge in [0.1, 0.15) is 12.4 Å². The standard InChI is InChI=1S/C15H14ClNO5/c16-11-1-2-12-9(6-11)5-10(8-22-12)14(18)17-3-4-21-13(7-17)15(19)20/h1-2,5-6,13H,3-4,7-8H2,(H,19,20)/t13-/m0/s1. The minimum atomic E-state index is -1.07. The quantitative estimate of drug-likeness (QED) is 0.891. The number of amides is 1. The third-order valence-electron chi connectivity index (χ3n) is 3.59. The van der Waals surface area contributed by atoms with E-state index in [9.17, 15) is 9.59 Å². The molecule has 0 aromatic heterocycles. The maximum atomic E-state index is 12.5. The molecule has 22 heavy (non-hydrogen) atoms. The average Bonchev–Trinajstić information content (AvgIpc) is 2.53. The fraction of sp³-hybridized carbons (Fsp3) is 0.333. The van der Waals surface area contributed by atoms with Gasteiger partial charge in [-0.1, -0.05) is 11.6 Å². The summed E-state index contributed by atoms with van der Waals surface area (Å²) in [4.78, 5) is 25.0. The van der Waals surface area contributed by atoms with E-state index in [0.717, 1.165) is 5.56 Å². The van der Waals surface area contributed by atoms with E-state index in [0.29, 0.717) is 22.9 Å². The third-order valence-corrected chi connectivity index (χ3v) is 3.82. The van der Waals surface area contributed by atoms with Crippen molar-refractivity contribution in [1.82, 2.24) is 4.90 Å². The molecule has 1 atom stereocenters. The Hall–Kier alpha value is -2.05. The molecule has 0 spiro atoms. The first-order valence-electron chi connectivity index (χ1n) is 6.81. The first-order chi connectivity index (χ1) is 10.5. The molecule has 2 aliphatic rings. The summed E-state index contributed by atoms with van der Waals surface area (Å²) in [5.41, 5.74) is 1.21. The molecule has 116 valence electrons. The van der Waals surface area contributed by atoms with Gasteiger partial charge in [-0.25, -0.2) is 4.79 Å². The molecule has 2 aliphatic heterocycles. The predicted molar refractivity (Wildman–Crippen MR) is 78.9 cm³/mol. The van der Waals surface area contributed by atoms with Crippen LogP contribution in [0.2, 0.25) is 5.02 Å². The second-order valence-corrected chi connectivity index (χ2v) is 5.53. The van der Waals surface area contributed by atoms with Gasteiger partial charge in [-0.2, -0.15) is 0 Å². The largest absolute Gasteiger partial charge is 0.488 e. The highest BCUT2D eigenvalue weighted by Crippen LogP contribution is 2.29. The van der Waals surface area contributed by atoms with Gasteiger partial charge in [0.05, 0.1) is 18.7 Å². The molecule has 1 aromatic carbocycles. The van der Waals surface area contributed by atoms with E-state index < -0.39 is 12.1 Å². The molecule has 0 radical (unpaired) electrons. The van der Waals surface area contributed by atoms with Crippen LogP contribution in [0.5, 0.6) is 5.75 Å². The smallest absolute Gasteiger partial charge is 0.334 e. The van der Waals surface area contributed by atoms with Crippen molar-refractivity contribution < 1.29 is 24.2 Å². The van der Waals surface area contributed by atoms with Crippen LogP contribution in [0.25, 0.3) is 6.08 Å². The predicted octanol–water partition coefficient (Wildman–Crippen LogP) is 1.43. The van der Waals surface area contributed by atoms with Crippen LogP contribution in [0.1, 0.15) is 5.56 Å². The minimum absolute atomic E-state index is 0.0356. The lowest BCUT2D eigenvalue weighted by Crippen LogP contribution is -2.49. The lowest BCUT2D eigenvalue weighted by atomic mass is 10.1. The zero-order valence-electron chi connectivity index (χ0n) is 11.6. The summed E-state index contributed by atoms with van der Waals surface area (Å²) in [7, 11) is 0. The maximum absolute atomic E-state index is 12.5. The second kappa shape index (κ2) is 5.98. The highest BCUT2D eigenvalue weighted by atomic mass is 35.5. The molecule has 0 unspecified atom stereocenters. The molecule has 7 heteroatoms. The Kier molecular flexibility index (Phi) is 4.04. The van der Waals surface area contributed by atoms with E-state index >= 15 is 0 Å². The molecular formula is C15H14ClNO5. The molecule has 2 heterocycles. The molecule has 1 saturated heterocycles. The fourth-order valence-electron chi connectivity index (χ4n) is 2.46. The van der Waals surface area contributed by atoms with Crippen LogP contribution < -0.4 is 4.74 Å². The van der Waals surface area contributed by atoms with Crippen molar-refractivity contribution in [2.24, 2.45) is 0 Å². The number of carbonyl (C=O) groups is 2. The van der Waals surface area contributed by atoms with E-state index in [-0.39, 0.29) is 25.7 Å². The number of hydrogen-bond donors (Lipinski definition) is 1. The summed E-state index contributed by atoms with van der Waals surface area (Å²) in [6.45, 7) is 0.762. The van der Waals surface area contributed by atoms with Crippen molar-refractivity contribution in [3.63, 3.8) is 0 Å². The van der Waals surface area contributed by atoms with Crippen LogP contribution in [0, 0.1) is 0 Å². The molecule has 1 amide bonds. The fourth-order valence-corrected chi connectivity index (χ4v) is 2.64.